The Kier molecular flexibility index (Phi) is 5.75. The quantitative estimate of drug-likeness (QED) is 0.348. The third-order valence-corrected chi connectivity index (χ3v) is 5.63. The van der Waals surface area contributed by atoms with Gasteiger partial charge in [-0.1, -0.05) is 28.0 Å². The molecule has 3 N–H and O–H groups in total. The minimum Gasteiger partial charge on any atom is -0.507 e. The van der Waals surface area contributed by atoms with Gasteiger partial charge in [-0.2, -0.15) is 0 Å². The van der Waals surface area contributed by atoms with Gasteiger partial charge in [0, 0.05) is 27.6 Å². The first kappa shape index (κ1) is 17.0. The van der Waals surface area contributed by atoms with E-state index in [1.165, 1.54) is 33.7 Å². The molecule has 2 aromatic rings. The average molecular weight is 347 g/mol. The molecule has 1 heterocycles. The van der Waals surface area contributed by atoms with Crippen molar-refractivity contribution in [3.05, 3.63) is 58.1 Å². The molecule has 0 aliphatic carbocycles. The van der Waals surface area contributed by atoms with Crippen molar-refractivity contribution in [3.8, 4) is 5.75 Å². The lowest BCUT2D eigenvalue weighted by atomic mass is 10.0. The number of pyridine rings is 1. The summed E-state index contributed by atoms with van der Waals surface area (Å²) in [4.78, 5) is 18.3. The van der Waals surface area contributed by atoms with Gasteiger partial charge in [-0.05, 0) is 41.4 Å². The average Bonchev–Trinajstić information content (AvgIpc) is 2.54. The number of carbonyl (C=O) groups is 1. The zero-order valence-electron chi connectivity index (χ0n) is 12.1. The van der Waals surface area contributed by atoms with E-state index in [-0.39, 0.29) is 22.3 Å². The molecule has 118 valence electrons. The molecule has 1 unspecified atom stereocenters. The van der Waals surface area contributed by atoms with Crippen molar-refractivity contribution in [1.29, 1.82) is 0 Å². The maximum Gasteiger partial charge on any atom is 0.252 e. The van der Waals surface area contributed by atoms with E-state index in [0.717, 1.165) is 5.03 Å². The standard InChI is InChI=1S/C14H13N5O2S2/c1-8(22-23-11-4-2-3-7-17-11)12-10(18-19-16)6-5-9(13(12)20)14(15)21/h2-8,20H,1H3,(H2,15,21). The molecule has 0 aliphatic heterocycles. The highest BCUT2D eigenvalue weighted by Crippen LogP contribution is 2.48. The highest BCUT2D eigenvalue weighted by Gasteiger charge is 2.21. The SMILES string of the molecule is CC(SSc1ccccn1)c1c(N=[N+]=[N-])ccc(C(N)=O)c1O. The molecular formula is C14H13N5O2S2. The number of phenols is 1. The van der Waals surface area contributed by atoms with Crippen LogP contribution in [0.1, 0.15) is 28.1 Å². The number of benzene rings is 1. The number of nitrogens with zero attached hydrogens (tertiary/aromatic N) is 4. The molecule has 1 atom stereocenters. The van der Waals surface area contributed by atoms with Crippen molar-refractivity contribution >= 4 is 33.2 Å². The van der Waals surface area contributed by atoms with Crippen LogP contribution >= 0.6 is 21.6 Å². The summed E-state index contributed by atoms with van der Waals surface area (Å²) in [6.07, 6.45) is 1.68. The summed E-state index contributed by atoms with van der Waals surface area (Å²) >= 11 is 0. The fourth-order valence-electron chi connectivity index (χ4n) is 1.90. The van der Waals surface area contributed by atoms with E-state index in [1.54, 1.807) is 6.20 Å². The van der Waals surface area contributed by atoms with Gasteiger partial charge in [0.2, 0.25) is 0 Å². The summed E-state index contributed by atoms with van der Waals surface area (Å²) in [5.41, 5.74) is 14.5. The predicted molar refractivity (Wildman–Crippen MR) is 91.5 cm³/mol. The number of primary amides is 1. The van der Waals surface area contributed by atoms with E-state index in [2.05, 4.69) is 15.0 Å². The fraction of sp³-hybridized carbons (Fsp3) is 0.143. The Morgan fingerprint density at radius 3 is 2.83 bits per heavy atom. The van der Waals surface area contributed by atoms with E-state index in [1.807, 2.05) is 25.1 Å². The van der Waals surface area contributed by atoms with Crippen LogP contribution in [-0.4, -0.2) is 16.0 Å². The van der Waals surface area contributed by atoms with Gasteiger partial charge >= 0.3 is 0 Å². The van der Waals surface area contributed by atoms with Crippen LogP contribution in [0.2, 0.25) is 0 Å². The van der Waals surface area contributed by atoms with Crippen LogP contribution in [0, 0.1) is 0 Å². The molecule has 1 aromatic carbocycles. The van der Waals surface area contributed by atoms with Gasteiger partial charge in [0.1, 0.15) is 10.8 Å². The fourth-order valence-corrected chi connectivity index (χ4v) is 4.02. The van der Waals surface area contributed by atoms with Crippen molar-refractivity contribution in [2.24, 2.45) is 10.8 Å². The number of azide groups is 1. The first-order valence-corrected chi connectivity index (χ1v) is 8.71. The summed E-state index contributed by atoms with van der Waals surface area (Å²) in [5, 5.41) is 14.4. The van der Waals surface area contributed by atoms with Gasteiger partial charge < -0.3 is 10.8 Å². The molecule has 2 rings (SSSR count). The zero-order valence-corrected chi connectivity index (χ0v) is 13.7. The molecular weight excluding hydrogens is 334 g/mol. The molecule has 0 spiro atoms. The largest absolute Gasteiger partial charge is 0.507 e. The lowest BCUT2D eigenvalue weighted by Crippen LogP contribution is -2.12. The van der Waals surface area contributed by atoms with Crippen molar-refractivity contribution in [2.75, 3.05) is 0 Å². The Labute approximate surface area is 140 Å². The molecule has 0 aliphatic rings. The number of hydrogen-bond donors (Lipinski definition) is 2. The predicted octanol–water partition coefficient (Wildman–Crippen LogP) is 4.33. The Bertz CT molecular complexity index is 763. The lowest BCUT2D eigenvalue weighted by Gasteiger charge is -2.16. The topological polar surface area (TPSA) is 125 Å². The Morgan fingerprint density at radius 1 is 1.43 bits per heavy atom. The zero-order chi connectivity index (χ0) is 16.8. The summed E-state index contributed by atoms with van der Waals surface area (Å²) in [6, 6.07) is 8.36. The van der Waals surface area contributed by atoms with Gasteiger partial charge in [-0.25, -0.2) is 4.98 Å². The molecule has 7 nitrogen and oxygen atoms in total. The minimum atomic E-state index is -0.745. The van der Waals surface area contributed by atoms with Crippen LogP contribution in [0.5, 0.6) is 5.75 Å². The van der Waals surface area contributed by atoms with Crippen molar-refractivity contribution in [3.63, 3.8) is 0 Å². The van der Waals surface area contributed by atoms with E-state index >= 15 is 0 Å². The van der Waals surface area contributed by atoms with Crippen LogP contribution < -0.4 is 5.73 Å². The monoisotopic (exact) mass is 347 g/mol. The number of hydrogen-bond acceptors (Lipinski definition) is 6. The van der Waals surface area contributed by atoms with E-state index in [4.69, 9.17) is 11.3 Å². The van der Waals surface area contributed by atoms with Crippen LogP contribution in [0.4, 0.5) is 5.69 Å². The van der Waals surface area contributed by atoms with Crippen LogP contribution in [0.25, 0.3) is 10.4 Å². The Hall–Kier alpha value is -2.35. The maximum absolute atomic E-state index is 11.4. The highest BCUT2D eigenvalue weighted by atomic mass is 33.1. The Morgan fingerprint density at radius 2 is 2.22 bits per heavy atom. The van der Waals surface area contributed by atoms with E-state index in [0.29, 0.717) is 5.56 Å². The molecule has 0 bridgehead atoms. The molecule has 0 radical (unpaired) electrons. The number of carbonyl (C=O) groups excluding carboxylic acids is 1. The third kappa shape index (κ3) is 4.10. The van der Waals surface area contributed by atoms with Crippen molar-refractivity contribution < 1.29 is 9.90 Å². The van der Waals surface area contributed by atoms with Gasteiger partial charge in [0.15, 0.2) is 0 Å². The summed E-state index contributed by atoms with van der Waals surface area (Å²) < 4.78 is 0. The number of nitrogens with two attached hydrogens (primary N) is 1. The molecule has 1 amide bonds. The third-order valence-electron chi connectivity index (χ3n) is 2.93. The molecule has 0 saturated carbocycles. The molecule has 0 fully saturated rings. The number of amides is 1. The summed E-state index contributed by atoms with van der Waals surface area (Å²) in [5.74, 6) is -1.00. The first-order chi connectivity index (χ1) is 11.0. The Balaban J connectivity index is 2.33. The molecule has 23 heavy (non-hydrogen) atoms. The number of aromatic nitrogens is 1. The van der Waals surface area contributed by atoms with E-state index in [9.17, 15) is 9.90 Å². The first-order valence-electron chi connectivity index (χ1n) is 6.49. The van der Waals surface area contributed by atoms with Crippen molar-refractivity contribution in [1.82, 2.24) is 4.98 Å². The van der Waals surface area contributed by atoms with Gasteiger partial charge in [-0.15, -0.1) is 0 Å². The second kappa shape index (κ2) is 7.77. The maximum atomic E-state index is 11.4. The smallest absolute Gasteiger partial charge is 0.252 e. The highest BCUT2D eigenvalue weighted by molar-refractivity contribution is 8.76. The second-order valence-corrected chi connectivity index (χ2v) is 7.00. The van der Waals surface area contributed by atoms with Crippen LogP contribution in [-0.2, 0) is 0 Å². The number of rotatable bonds is 6. The van der Waals surface area contributed by atoms with Gasteiger partial charge in [0.25, 0.3) is 5.91 Å². The second-order valence-electron chi connectivity index (χ2n) is 4.44. The summed E-state index contributed by atoms with van der Waals surface area (Å²) in [7, 11) is 2.83. The molecule has 0 saturated heterocycles. The van der Waals surface area contributed by atoms with Gasteiger partial charge in [-0.3, -0.25) is 4.79 Å². The normalized spacial score (nSPS) is 11.5. The van der Waals surface area contributed by atoms with Crippen LogP contribution in [0.15, 0.2) is 46.7 Å². The van der Waals surface area contributed by atoms with Gasteiger partial charge in [0.05, 0.1) is 5.56 Å². The molecule has 1 aromatic heterocycles. The van der Waals surface area contributed by atoms with Crippen molar-refractivity contribution in [2.45, 2.75) is 17.2 Å². The minimum absolute atomic E-state index is 0.00724. The lowest BCUT2D eigenvalue weighted by molar-refractivity contribution is 0.0997. The summed E-state index contributed by atoms with van der Waals surface area (Å²) in [6.45, 7) is 1.83. The van der Waals surface area contributed by atoms with E-state index < -0.39 is 5.91 Å². The molecule has 9 heteroatoms. The number of aromatic hydroxyl groups is 1. The van der Waals surface area contributed by atoms with Crippen LogP contribution in [0.3, 0.4) is 0 Å².